The van der Waals surface area contributed by atoms with Gasteiger partial charge < -0.3 is 24.0 Å². The largest absolute Gasteiger partial charge is 0.456 e. The van der Waals surface area contributed by atoms with Crippen LogP contribution in [-0.4, -0.2) is 11.3 Å². The van der Waals surface area contributed by atoms with E-state index in [-0.39, 0.29) is 33.9 Å². The molecule has 0 unspecified atom stereocenters. The van der Waals surface area contributed by atoms with Crippen LogP contribution in [0.1, 0.15) is 11.0 Å². The van der Waals surface area contributed by atoms with Gasteiger partial charge in [0.25, 0.3) is 6.71 Å². The lowest BCUT2D eigenvalue weighted by atomic mass is 9.33. The van der Waals surface area contributed by atoms with Gasteiger partial charge in [0.05, 0.1) is 27.7 Å². The van der Waals surface area contributed by atoms with Crippen molar-refractivity contribution in [3.8, 4) is 72.4 Å². The van der Waals surface area contributed by atoms with Crippen LogP contribution in [-0.2, 0) is 0 Å². The van der Waals surface area contributed by atoms with E-state index in [4.69, 9.17) is 14.3 Å². The molecule has 18 rings (SSSR count). The van der Waals surface area contributed by atoms with Crippen molar-refractivity contribution in [2.75, 3.05) is 10.6 Å². The van der Waals surface area contributed by atoms with E-state index in [1.807, 2.05) is 84.9 Å². The Balaban J connectivity index is 0.942. The number of para-hydroxylation sites is 2. The Bertz CT molecular complexity index is 5520. The summed E-state index contributed by atoms with van der Waals surface area (Å²) in [6, 6.07) is 76.5. The third-order valence-electron chi connectivity index (χ3n) is 17.2. The second-order valence-corrected chi connectivity index (χ2v) is 21.9. The first kappa shape index (κ1) is 39.3. The smallest absolute Gasteiger partial charge is 0.252 e. The van der Waals surface area contributed by atoms with E-state index in [9.17, 15) is 5.48 Å². The van der Waals surface area contributed by atoms with Crippen molar-refractivity contribution in [3.05, 3.63) is 279 Å². The number of furan rings is 2. The monoisotopic (exact) mass is 1080 g/mol. The second-order valence-electron chi connectivity index (χ2n) is 21.9. The average Bonchev–Trinajstić information content (AvgIpc) is 1.28. The zero-order chi connectivity index (χ0) is 61.9. The average molecular weight is 1080 g/mol. The molecule has 2 aliphatic heterocycles. The minimum absolute atomic E-state index is 0.00131. The summed E-state index contributed by atoms with van der Waals surface area (Å²) in [6.07, 6.45) is 0. The van der Waals surface area contributed by atoms with Crippen LogP contribution in [0.4, 0.5) is 22.7 Å². The minimum Gasteiger partial charge on any atom is -0.456 e. The molecule has 3 aromatic heterocycles. The zero-order valence-corrected chi connectivity index (χ0v) is 44.8. The molecule has 0 bridgehead atoms. The summed E-state index contributed by atoms with van der Waals surface area (Å²) in [5, 5.41) is 11.9. The Morgan fingerprint density at radius 2 is 0.679 bits per heavy atom. The maximum absolute atomic E-state index is 9.58. The van der Waals surface area contributed by atoms with Crippen molar-refractivity contribution in [1.82, 2.24) is 4.57 Å². The van der Waals surface area contributed by atoms with E-state index < -0.39 is 43.0 Å². The highest BCUT2D eigenvalue weighted by Gasteiger charge is 2.41. The van der Waals surface area contributed by atoms with Crippen LogP contribution in [0.15, 0.2) is 288 Å². The SMILES string of the molecule is [2H]c1c([2H])c([2H])c2c(c1[2H])c1c([2H])c([2H])c([2H])c([2H])c1n2-c1cc2c3c(c1)Nc1c(cc(-c4ccccc4)cc1-c1ccc4oc5ccc(-c6ccccc6)cc5c4c1)B3c1cc(-c3ccccc3)cc(-c3ccc4oc5ccc(-c6ccccc6)cc5c4c3)c1N2. The third kappa shape index (κ3) is 7.24. The molecule has 2 N–H and O–H groups in total. The van der Waals surface area contributed by atoms with Crippen LogP contribution in [0, 0.1) is 0 Å². The highest BCUT2D eigenvalue weighted by atomic mass is 16.3. The quantitative estimate of drug-likeness (QED) is 0.156. The predicted molar refractivity (Wildman–Crippen MR) is 352 cm³/mol. The highest BCUT2D eigenvalue weighted by molar-refractivity contribution is 7.00. The van der Waals surface area contributed by atoms with Crippen LogP contribution in [0.2, 0.25) is 0 Å². The molecular weight excluding hydrogens is 1020 g/mol. The molecule has 13 aromatic carbocycles. The molecule has 0 aliphatic carbocycles. The Morgan fingerprint density at radius 1 is 0.321 bits per heavy atom. The van der Waals surface area contributed by atoms with E-state index in [0.717, 1.165) is 138 Å². The number of benzene rings is 13. The van der Waals surface area contributed by atoms with Crippen molar-refractivity contribution in [3.63, 3.8) is 0 Å². The Kier molecular flexibility index (Phi) is 8.53. The van der Waals surface area contributed by atoms with Crippen molar-refractivity contribution in [1.29, 1.82) is 0 Å². The van der Waals surface area contributed by atoms with E-state index in [1.54, 1.807) is 4.57 Å². The van der Waals surface area contributed by atoms with Gasteiger partial charge in [-0.2, -0.15) is 0 Å². The molecule has 0 spiro atoms. The lowest BCUT2D eigenvalue weighted by Crippen LogP contribution is -2.59. The Labute approximate surface area is 495 Å². The number of fused-ring (bicyclic) bond motifs is 13. The van der Waals surface area contributed by atoms with E-state index >= 15 is 0 Å². The summed E-state index contributed by atoms with van der Waals surface area (Å²) < 4.78 is 88.4. The maximum Gasteiger partial charge on any atom is 0.252 e. The standard InChI is InChI=1S/C78H48BN3O2/c1-5-17-47(18-6-1)51-29-33-72-62(37-51)64-39-53(31-35-74(64)83-72)60-41-55(49-21-9-3-10-22-49)43-66-77(60)80-68-45-57(82-70-27-15-13-25-58(70)59-26-14-16-28-71(59)82)46-69-76(68)79(66)67-44-56(50-23-11-4-12-24-50)42-61(78(67)81-69)54-32-36-75-65(40-54)63-38-52(30-34-73(63)84-75)48-19-7-2-8-20-48/h1-46,80-81H/i13D,14D,15D,16D,25D,26D,27D,28D. The van der Waals surface area contributed by atoms with Crippen molar-refractivity contribution in [2.45, 2.75) is 0 Å². The van der Waals surface area contributed by atoms with Crippen molar-refractivity contribution in [2.24, 2.45) is 0 Å². The van der Waals surface area contributed by atoms with Gasteiger partial charge in [0.2, 0.25) is 0 Å². The molecule has 0 fully saturated rings. The molecular formula is C78H48BN3O2. The molecule has 390 valence electrons. The van der Waals surface area contributed by atoms with Crippen LogP contribution in [0.25, 0.3) is 138 Å². The lowest BCUT2D eigenvalue weighted by molar-refractivity contribution is 0.668. The molecule has 84 heavy (non-hydrogen) atoms. The summed E-state index contributed by atoms with van der Waals surface area (Å²) in [7, 11) is 0. The molecule has 5 nitrogen and oxygen atoms in total. The highest BCUT2D eigenvalue weighted by Crippen LogP contribution is 2.46. The molecule has 0 saturated heterocycles. The summed E-state index contributed by atoms with van der Waals surface area (Å²) in [5.41, 5.74) is 21.6. The van der Waals surface area contributed by atoms with Crippen molar-refractivity contribution < 1.29 is 19.8 Å². The first-order valence-corrected chi connectivity index (χ1v) is 28.2. The van der Waals surface area contributed by atoms with E-state index in [2.05, 4.69) is 156 Å². The minimum atomic E-state index is -0.504. The number of rotatable bonds is 7. The molecule has 0 amide bonds. The summed E-state index contributed by atoms with van der Waals surface area (Å²) >= 11 is 0. The number of nitrogens with zero attached hydrogens (tertiary/aromatic N) is 1. The number of anilines is 4. The van der Waals surface area contributed by atoms with Gasteiger partial charge in [0.15, 0.2) is 0 Å². The molecule has 2 aliphatic rings. The number of hydrogen-bond acceptors (Lipinski definition) is 4. The van der Waals surface area contributed by atoms with Crippen LogP contribution in [0.3, 0.4) is 0 Å². The molecule has 0 atom stereocenters. The van der Waals surface area contributed by atoms with E-state index in [0.29, 0.717) is 17.1 Å². The van der Waals surface area contributed by atoms with E-state index in [1.165, 1.54) is 0 Å². The zero-order valence-electron chi connectivity index (χ0n) is 52.8. The van der Waals surface area contributed by atoms with Crippen molar-refractivity contribution >= 4 is 112 Å². The number of hydrogen-bond donors (Lipinski definition) is 2. The Morgan fingerprint density at radius 3 is 1.08 bits per heavy atom. The molecule has 5 heterocycles. The number of nitrogens with one attached hydrogen (secondary N) is 2. The number of aromatic nitrogens is 1. The van der Waals surface area contributed by atoms with Crippen LogP contribution in [0.5, 0.6) is 0 Å². The van der Waals surface area contributed by atoms with Gasteiger partial charge in [-0.15, -0.1) is 0 Å². The third-order valence-corrected chi connectivity index (χ3v) is 17.2. The van der Waals surface area contributed by atoms with Gasteiger partial charge >= 0.3 is 0 Å². The molecule has 0 saturated carbocycles. The van der Waals surface area contributed by atoms with Crippen LogP contribution >= 0.6 is 0 Å². The van der Waals surface area contributed by atoms with Gasteiger partial charge in [-0.05, 0) is 157 Å². The summed E-state index contributed by atoms with van der Waals surface area (Å²) in [5.74, 6) is 0. The van der Waals surface area contributed by atoms with Gasteiger partial charge in [-0.1, -0.05) is 194 Å². The summed E-state index contributed by atoms with van der Waals surface area (Å²) in [4.78, 5) is 0. The molecule has 6 heteroatoms. The van der Waals surface area contributed by atoms with Gasteiger partial charge in [0.1, 0.15) is 22.3 Å². The van der Waals surface area contributed by atoms with Gasteiger partial charge in [-0.3, -0.25) is 0 Å². The first-order valence-electron chi connectivity index (χ1n) is 32.2. The van der Waals surface area contributed by atoms with Gasteiger partial charge in [0, 0.05) is 66.2 Å². The topological polar surface area (TPSA) is 55.3 Å². The second kappa shape index (κ2) is 18.2. The maximum atomic E-state index is 9.58. The van der Waals surface area contributed by atoms with Crippen LogP contribution < -0.4 is 27.0 Å². The lowest BCUT2D eigenvalue weighted by Gasteiger charge is -2.38. The fourth-order valence-corrected chi connectivity index (χ4v) is 13.3. The molecule has 0 radical (unpaired) electrons. The first-order chi connectivity index (χ1) is 44.9. The Hall–Kier alpha value is -11.1. The predicted octanol–water partition coefficient (Wildman–Crippen LogP) is 19.2. The fourth-order valence-electron chi connectivity index (χ4n) is 13.3. The van der Waals surface area contributed by atoms with Gasteiger partial charge in [-0.25, -0.2) is 0 Å². The molecule has 16 aromatic rings. The normalized spacial score (nSPS) is 13.8. The summed E-state index contributed by atoms with van der Waals surface area (Å²) in [6.45, 7) is -0.460. The fraction of sp³-hybridized carbons (Fsp3) is 0.